The zero-order valence-corrected chi connectivity index (χ0v) is 10.1. The molecule has 6 nitrogen and oxygen atoms in total. The molecular weight excluding hydrogens is 246 g/mol. The van der Waals surface area contributed by atoms with Gasteiger partial charge in [0.25, 0.3) is 5.69 Å². The molecule has 0 amide bonds. The molecule has 1 aromatic heterocycles. The van der Waals surface area contributed by atoms with E-state index in [9.17, 15) is 14.9 Å². The number of rotatable bonds is 2. The summed E-state index contributed by atoms with van der Waals surface area (Å²) in [5, 5.41) is 15.2. The van der Waals surface area contributed by atoms with Crippen LogP contribution in [0.4, 0.5) is 5.69 Å². The molecule has 0 aliphatic heterocycles. The van der Waals surface area contributed by atoms with E-state index in [4.69, 9.17) is 0 Å². The Kier molecular flexibility index (Phi) is 2.63. The maximum atomic E-state index is 11.8. The van der Waals surface area contributed by atoms with Crippen molar-refractivity contribution in [1.82, 2.24) is 9.78 Å². The van der Waals surface area contributed by atoms with Crippen LogP contribution >= 0.6 is 0 Å². The van der Waals surface area contributed by atoms with E-state index in [2.05, 4.69) is 5.10 Å². The van der Waals surface area contributed by atoms with Gasteiger partial charge in [-0.1, -0.05) is 12.1 Å². The Labute approximate surface area is 108 Å². The van der Waals surface area contributed by atoms with Crippen molar-refractivity contribution in [2.24, 2.45) is 0 Å². The van der Waals surface area contributed by atoms with Crippen molar-refractivity contribution >= 4 is 11.5 Å². The summed E-state index contributed by atoms with van der Waals surface area (Å²) in [6.07, 6.45) is 3.51. The third-order valence-corrected chi connectivity index (χ3v) is 3.29. The molecule has 3 rings (SSSR count). The third kappa shape index (κ3) is 1.81. The SMILES string of the molecule is O=C1CCCc2c1cnn2-c1ccccc1[N+](=O)[O-]. The summed E-state index contributed by atoms with van der Waals surface area (Å²) in [5.74, 6) is 0.0612. The lowest BCUT2D eigenvalue weighted by molar-refractivity contribution is -0.384. The molecule has 0 unspecified atom stereocenters. The van der Waals surface area contributed by atoms with Gasteiger partial charge in [0.1, 0.15) is 5.69 Å². The average Bonchev–Trinajstić information content (AvgIpc) is 2.84. The Morgan fingerprint density at radius 3 is 2.84 bits per heavy atom. The lowest BCUT2D eigenvalue weighted by atomic mass is 9.97. The first-order valence-corrected chi connectivity index (χ1v) is 6.02. The summed E-state index contributed by atoms with van der Waals surface area (Å²) in [6.45, 7) is 0. The van der Waals surface area contributed by atoms with Gasteiger partial charge >= 0.3 is 0 Å². The van der Waals surface area contributed by atoms with E-state index in [1.165, 1.54) is 16.9 Å². The van der Waals surface area contributed by atoms with Crippen molar-refractivity contribution in [2.45, 2.75) is 19.3 Å². The second-order valence-corrected chi connectivity index (χ2v) is 4.44. The summed E-state index contributed by atoms with van der Waals surface area (Å²) < 4.78 is 1.52. The Bertz CT molecular complexity index is 676. The van der Waals surface area contributed by atoms with Gasteiger partial charge < -0.3 is 0 Å². The van der Waals surface area contributed by atoms with Crippen molar-refractivity contribution in [3.05, 3.63) is 51.8 Å². The van der Waals surface area contributed by atoms with Crippen LogP contribution in [0.15, 0.2) is 30.5 Å². The highest BCUT2D eigenvalue weighted by Crippen LogP contribution is 2.28. The number of nitro benzene ring substituents is 1. The van der Waals surface area contributed by atoms with Gasteiger partial charge in [-0.25, -0.2) is 4.68 Å². The van der Waals surface area contributed by atoms with Gasteiger partial charge in [-0.05, 0) is 18.9 Å². The van der Waals surface area contributed by atoms with E-state index in [1.54, 1.807) is 18.2 Å². The smallest absolute Gasteiger partial charge is 0.294 e. The molecule has 1 aromatic carbocycles. The van der Waals surface area contributed by atoms with Crippen molar-refractivity contribution in [3.8, 4) is 5.69 Å². The lowest BCUT2D eigenvalue weighted by Gasteiger charge is -2.13. The topological polar surface area (TPSA) is 78.0 Å². The summed E-state index contributed by atoms with van der Waals surface area (Å²) in [5.41, 5.74) is 1.75. The average molecular weight is 257 g/mol. The number of fused-ring (bicyclic) bond motifs is 1. The van der Waals surface area contributed by atoms with Crippen LogP contribution in [0.1, 0.15) is 28.9 Å². The molecule has 96 valence electrons. The van der Waals surface area contributed by atoms with E-state index in [0.29, 0.717) is 24.1 Å². The van der Waals surface area contributed by atoms with Crippen LogP contribution in [0.25, 0.3) is 5.69 Å². The van der Waals surface area contributed by atoms with Crippen LogP contribution in [-0.4, -0.2) is 20.5 Å². The van der Waals surface area contributed by atoms with Gasteiger partial charge in [0.2, 0.25) is 0 Å². The van der Waals surface area contributed by atoms with Crippen LogP contribution in [0.5, 0.6) is 0 Å². The number of carbonyl (C=O) groups excluding carboxylic acids is 1. The first-order valence-electron chi connectivity index (χ1n) is 6.02. The quantitative estimate of drug-likeness (QED) is 0.610. The molecule has 0 saturated carbocycles. The Morgan fingerprint density at radius 2 is 2.05 bits per heavy atom. The molecule has 0 atom stereocenters. The minimum Gasteiger partial charge on any atom is -0.294 e. The fourth-order valence-electron chi connectivity index (χ4n) is 2.40. The van der Waals surface area contributed by atoms with Crippen molar-refractivity contribution in [1.29, 1.82) is 0 Å². The summed E-state index contributed by atoms with van der Waals surface area (Å²) in [7, 11) is 0. The summed E-state index contributed by atoms with van der Waals surface area (Å²) >= 11 is 0. The minimum absolute atomic E-state index is 0.00794. The van der Waals surface area contributed by atoms with Crippen molar-refractivity contribution in [2.75, 3.05) is 0 Å². The van der Waals surface area contributed by atoms with Crippen LogP contribution in [0.2, 0.25) is 0 Å². The number of nitrogens with zero attached hydrogens (tertiary/aromatic N) is 3. The van der Waals surface area contributed by atoms with Gasteiger partial charge in [0.15, 0.2) is 5.78 Å². The molecule has 1 aliphatic carbocycles. The standard InChI is InChI=1S/C13H11N3O3/c17-13-7-3-6-10-9(13)8-14-15(10)11-4-1-2-5-12(11)16(18)19/h1-2,4-5,8H,3,6-7H2. The highest BCUT2D eigenvalue weighted by Gasteiger charge is 2.25. The van der Waals surface area contributed by atoms with Gasteiger partial charge in [-0.3, -0.25) is 14.9 Å². The Hall–Kier alpha value is -2.50. The minimum atomic E-state index is -0.436. The first-order chi connectivity index (χ1) is 9.18. The first kappa shape index (κ1) is 11.6. The van der Waals surface area contributed by atoms with Crippen LogP contribution in [0, 0.1) is 10.1 Å². The van der Waals surface area contributed by atoms with Gasteiger partial charge in [-0.15, -0.1) is 0 Å². The Balaban J connectivity index is 2.19. The molecule has 0 saturated heterocycles. The molecule has 1 heterocycles. The highest BCUT2D eigenvalue weighted by atomic mass is 16.6. The zero-order valence-electron chi connectivity index (χ0n) is 10.1. The van der Waals surface area contributed by atoms with E-state index >= 15 is 0 Å². The summed E-state index contributed by atoms with van der Waals surface area (Å²) in [4.78, 5) is 22.4. The van der Waals surface area contributed by atoms with Gasteiger partial charge in [-0.2, -0.15) is 5.10 Å². The number of hydrogen-bond donors (Lipinski definition) is 0. The third-order valence-electron chi connectivity index (χ3n) is 3.29. The van der Waals surface area contributed by atoms with E-state index in [1.807, 2.05) is 0 Å². The molecule has 0 bridgehead atoms. The number of carbonyl (C=O) groups is 1. The van der Waals surface area contributed by atoms with E-state index < -0.39 is 4.92 Å². The van der Waals surface area contributed by atoms with Gasteiger partial charge in [0, 0.05) is 12.5 Å². The molecule has 0 spiro atoms. The normalized spacial score (nSPS) is 14.2. The van der Waals surface area contributed by atoms with Crippen molar-refractivity contribution < 1.29 is 9.72 Å². The lowest BCUT2D eigenvalue weighted by Crippen LogP contribution is -2.13. The van der Waals surface area contributed by atoms with Crippen LogP contribution in [0.3, 0.4) is 0 Å². The molecule has 0 N–H and O–H groups in total. The molecule has 1 aliphatic rings. The van der Waals surface area contributed by atoms with Crippen molar-refractivity contribution in [3.63, 3.8) is 0 Å². The highest BCUT2D eigenvalue weighted by molar-refractivity contribution is 5.98. The number of hydrogen-bond acceptors (Lipinski definition) is 4. The monoisotopic (exact) mass is 257 g/mol. The second kappa shape index (κ2) is 4.31. The fourth-order valence-corrected chi connectivity index (χ4v) is 2.40. The van der Waals surface area contributed by atoms with E-state index in [0.717, 1.165) is 12.1 Å². The number of nitro groups is 1. The molecule has 6 heteroatoms. The molecule has 0 radical (unpaired) electrons. The Morgan fingerprint density at radius 1 is 1.26 bits per heavy atom. The predicted octanol–water partition coefficient (Wildman–Crippen LogP) is 2.30. The van der Waals surface area contributed by atoms with Crippen LogP contribution < -0.4 is 0 Å². The zero-order chi connectivity index (χ0) is 13.4. The fraction of sp³-hybridized carbons (Fsp3) is 0.231. The predicted molar refractivity (Wildman–Crippen MR) is 67.5 cm³/mol. The number of aromatic nitrogens is 2. The molecular formula is C13H11N3O3. The van der Waals surface area contributed by atoms with E-state index in [-0.39, 0.29) is 11.5 Å². The number of Topliss-reactive ketones (excluding diaryl/α,β-unsaturated/α-hetero) is 1. The number of para-hydroxylation sites is 2. The molecule has 2 aromatic rings. The van der Waals surface area contributed by atoms with Gasteiger partial charge in [0.05, 0.1) is 22.4 Å². The number of ketones is 1. The second-order valence-electron chi connectivity index (χ2n) is 4.44. The maximum Gasteiger partial charge on any atom is 0.294 e. The van der Waals surface area contributed by atoms with Crippen LogP contribution in [-0.2, 0) is 6.42 Å². The largest absolute Gasteiger partial charge is 0.294 e. The molecule has 0 fully saturated rings. The summed E-state index contributed by atoms with van der Waals surface area (Å²) in [6, 6.07) is 6.42. The number of benzene rings is 1. The molecule has 19 heavy (non-hydrogen) atoms. The maximum absolute atomic E-state index is 11.8.